The first-order valence-corrected chi connectivity index (χ1v) is 25.1. The molecule has 0 saturated carbocycles. The number of carbonyl (C=O) groups is 3. The molecule has 6 heterocycles. The lowest BCUT2D eigenvalue weighted by atomic mass is 9.99. The molecule has 4 aliphatic heterocycles. The number of hydrogen-bond acceptors (Lipinski definition) is 16. The molecule has 21 heteroatoms. The maximum Gasteiger partial charge on any atom is 0.255 e. The summed E-state index contributed by atoms with van der Waals surface area (Å²) in [6, 6.07) is 12.9. The molecule has 1 atom stereocenters. The summed E-state index contributed by atoms with van der Waals surface area (Å²) in [5.41, 5.74) is 5.96. The smallest absolute Gasteiger partial charge is 0.255 e. The molecule has 3 fully saturated rings. The number of aryl methyl sites for hydroxylation is 1. The van der Waals surface area contributed by atoms with Crippen LogP contribution >= 0.6 is 11.6 Å². The number of rotatable bonds is 15. The van der Waals surface area contributed by atoms with Crippen molar-refractivity contribution < 1.29 is 32.3 Å². The molecule has 2 aromatic heterocycles. The van der Waals surface area contributed by atoms with Crippen LogP contribution in [0.4, 0.5) is 34.5 Å². The van der Waals surface area contributed by atoms with E-state index < -0.39 is 22.0 Å². The summed E-state index contributed by atoms with van der Waals surface area (Å²) in [6.45, 7) is 9.35. The molecular formula is C47H55ClN12O7S. The fraction of sp³-hybridized carbons (Fsp3) is 0.426. The molecule has 0 radical (unpaired) electrons. The first kappa shape index (κ1) is 46.7. The highest BCUT2D eigenvalue weighted by molar-refractivity contribution is 7.92. The lowest BCUT2D eigenvalue weighted by molar-refractivity contribution is -0.136. The lowest BCUT2D eigenvalue weighted by Gasteiger charge is -2.43. The third-order valence-electron chi connectivity index (χ3n) is 13.4. The monoisotopic (exact) mass is 966 g/mol. The van der Waals surface area contributed by atoms with Gasteiger partial charge in [0.15, 0.2) is 5.82 Å². The molecular weight excluding hydrogens is 912 g/mol. The van der Waals surface area contributed by atoms with E-state index in [0.29, 0.717) is 64.2 Å². The van der Waals surface area contributed by atoms with E-state index in [-0.39, 0.29) is 41.6 Å². The summed E-state index contributed by atoms with van der Waals surface area (Å²) in [4.78, 5) is 64.4. The number of fused-ring (bicyclic) bond motifs is 2. The van der Waals surface area contributed by atoms with Crippen LogP contribution in [0, 0.1) is 0 Å². The molecule has 3 aromatic carbocycles. The van der Waals surface area contributed by atoms with Crippen LogP contribution in [-0.2, 0) is 32.6 Å². The normalized spacial score (nSPS) is 18.4. The van der Waals surface area contributed by atoms with Crippen molar-refractivity contribution in [3.63, 3.8) is 0 Å². The van der Waals surface area contributed by atoms with E-state index in [4.69, 9.17) is 21.1 Å². The fourth-order valence-electron chi connectivity index (χ4n) is 9.63. The Morgan fingerprint density at radius 3 is 2.44 bits per heavy atom. The van der Waals surface area contributed by atoms with E-state index in [1.807, 2.05) is 12.1 Å². The Morgan fingerprint density at radius 2 is 1.71 bits per heavy atom. The number of sulfonamides is 1. The Kier molecular flexibility index (Phi) is 13.5. The Balaban J connectivity index is 0.788. The summed E-state index contributed by atoms with van der Waals surface area (Å²) in [5, 5.41) is 9.12. The summed E-state index contributed by atoms with van der Waals surface area (Å²) >= 11 is 6.61. The summed E-state index contributed by atoms with van der Waals surface area (Å²) in [7, 11) is -0.575. The number of piperazine rings is 1. The second-order valence-corrected chi connectivity index (χ2v) is 19.8. The Hall–Kier alpha value is -6.35. The molecule has 358 valence electrons. The quantitative estimate of drug-likeness (QED) is 0.119. The van der Waals surface area contributed by atoms with Crippen molar-refractivity contribution in [2.45, 2.75) is 57.7 Å². The van der Waals surface area contributed by atoms with Crippen LogP contribution in [0.1, 0.15) is 54.1 Å². The number of ether oxygens (including phenoxy) is 2. The zero-order valence-electron chi connectivity index (χ0n) is 38.5. The van der Waals surface area contributed by atoms with Crippen LogP contribution in [0.3, 0.4) is 0 Å². The second kappa shape index (κ2) is 19.7. The van der Waals surface area contributed by atoms with Gasteiger partial charge in [0, 0.05) is 101 Å². The van der Waals surface area contributed by atoms with Crippen molar-refractivity contribution in [1.29, 1.82) is 0 Å². The highest BCUT2D eigenvalue weighted by Gasteiger charge is 2.40. The van der Waals surface area contributed by atoms with E-state index in [9.17, 15) is 22.8 Å². The van der Waals surface area contributed by atoms with Crippen LogP contribution < -0.4 is 34.6 Å². The number of amides is 3. The van der Waals surface area contributed by atoms with E-state index in [0.717, 1.165) is 92.5 Å². The van der Waals surface area contributed by atoms with E-state index in [2.05, 4.69) is 69.6 Å². The predicted molar refractivity (Wildman–Crippen MR) is 260 cm³/mol. The first-order valence-electron chi connectivity index (χ1n) is 22.9. The SMILES string of the molecule is CCc1cc(Nc2ncc(Cl)c(Nc3ccc4nccnc4c3N(C)S(C)(=O)=O)n2)c(OC)cc1N1CCC(N2CCN(CCOc3cccc4c3CN(C3CCC(=O)NC3=O)C4=O)CC2)CC1. The third-order valence-corrected chi connectivity index (χ3v) is 14.8. The minimum Gasteiger partial charge on any atom is -0.494 e. The first-order chi connectivity index (χ1) is 32.8. The number of benzene rings is 3. The molecule has 0 aliphatic carbocycles. The molecule has 19 nitrogen and oxygen atoms in total. The molecule has 3 saturated heterocycles. The topological polar surface area (TPSA) is 208 Å². The number of halogens is 1. The molecule has 3 amide bonds. The molecule has 3 N–H and O–H groups in total. The number of carbonyl (C=O) groups excluding carboxylic acids is 3. The summed E-state index contributed by atoms with van der Waals surface area (Å²) in [6.07, 6.45) is 9.07. The maximum absolute atomic E-state index is 13.2. The minimum atomic E-state index is -3.67. The van der Waals surface area contributed by atoms with Gasteiger partial charge in [-0.15, -0.1) is 0 Å². The molecule has 0 spiro atoms. The average molecular weight is 968 g/mol. The van der Waals surface area contributed by atoms with Gasteiger partial charge in [-0.25, -0.2) is 13.4 Å². The van der Waals surface area contributed by atoms with Crippen LogP contribution in [0.25, 0.3) is 11.0 Å². The Morgan fingerprint density at radius 1 is 0.926 bits per heavy atom. The number of piperidine rings is 2. The van der Waals surface area contributed by atoms with Gasteiger partial charge >= 0.3 is 0 Å². The van der Waals surface area contributed by atoms with Gasteiger partial charge in [-0.3, -0.25) is 43.8 Å². The zero-order valence-corrected chi connectivity index (χ0v) is 40.1. The number of anilines is 6. The molecule has 4 aliphatic rings. The maximum atomic E-state index is 13.2. The number of hydrogen-bond donors (Lipinski definition) is 3. The van der Waals surface area contributed by atoms with Crippen molar-refractivity contribution in [2.24, 2.45) is 0 Å². The molecule has 5 aromatic rings. The van der Waals surface area contributed by atoms with E-state index >= 15 is 0 Å². The zero-order chi connectivity index (χ0) is 47.7. The van der Waals surface area contributed by atoms with Gasteiger partial charge < -0.3 is 29.9 Å². The summed E-state index contributed by atoms with van der Waals surface area (Å²) in [5.74, 6) is 0.882. The van der Waals surface area contributed by atoms with Crippen LogP contribution in [-0.4, -0.2) is 146 Å². The second-order valence-electron chi connectivity index (χ2n) is 17.4. The van der Waals surface area contributed by atoms with Gasteiger partial charge in [0.2, 0.25) is 27.8 Å². The molecule has 9 rings (SSSR count). The number of imide groups is 1. The number of nitrogens with zero attached hydrogens (tertiary/aromatic N) is 9. The van der Waals surface area contributed by atoms with Crippen molar-refractivity contribution in [1.82, 2.24) is 40.0 Å². The highest BCUT2D eigenvalue weighted by Crippen LogP contribution is 2.40. The Bertz CT molecular complexity index is 2860. The Labute approximate surface area is 400 Å². The van der Waals surface area contributed by atoms with Gasteiger partial charge in [-0.05, 0) is 61.6 Å². The van der Waals surface area contributed by atoms with Crippen molar-refractivity contribution in [3.8, 4) is 11.5 Å². The molecule has 0 bridgehead atoms. The van der Waals surface area contributed by atoms with Crippen LogP contribution in [0.15, 0.2) is 61.1 Å². The fourth-order valence-corrected chi connectivity index (χ4v) is 10.3. The van der Waals surface area contributed by atoms with Gasteiger partial charge in [0.1, 0.15) is 40.4 Å². The van der Waals surface area contributed by atoms with Gasteiger partial charge in [0.25, 0.3) is 5.91 Å². The standard InChI is InChI=1S/C47H55ClN12O7S/c1-5-29-25-36(53-47-51-27-33(48)44(55-47)52-35-10-9-34-42(50-16-15-49-34)43(35)56(2)68(4,64)65)40(66-3)26-38(29)59-17-13-30(14-18-59)58-21-19-57(20-22-58)23-24-67-39-8-6-7-31-32(39)28-60(46(31)63)37-11-12-41(61)54-45(37)62/h6-10,15-16,25-27,30,37H,5,11-14,17-24,28H2,1-4H3,(H,54,61,62)(H2,51,52,53,55). The number of aromatic nitrogens is 4. The van der Waals surface area contributed by atoms with Crippen molar-refractivity contribution in [3.05, 3.63) is 82.8 Å². The number of nitrogens with one attached hydrogen (secondary N) is 3. The molecule has 68 heavy (non-hydrogen) atoms. The minimum absolute atomic E-state index is 0.205. The third kappa shape index (κ3) is 9.67. The molecule has 1 unspecified atom stereocenters. The van der Waals surface area contributed by atoms with Crippen LogP contribution in [0.5, 0.6) is 11.5 Å². The van der Waals surface area contributed by atoms with Crippen molar-refractivity contribution >= 4 is 84.9 Å². The highest BCUT2D eigenvalue weighted by atomic mass is 35.5. The largest absolute Gasteiger partial charge is 0.494 e. The predicted octanol–water partition coefficient (Wildman–Crippen LogP) is 4.95. The van der Waals surface area contributed by atoms with Gasteiger partial charge in [-0.2, -0.15) is 4.98 Å². The lowest BCUT2D eigenvalue weighted by Crippen LogP contribution is -2.53. The van der Waals surface area contributed by atoms with Crippen molar-refractivity contribution in [2.75, 3.05) is 92.7 Å². The summed E-state index contributed by atoms with van der Waals surface area (Å²) < 4.78 is 38.8. The average Bonchev–Trinajstić information content (AvgIpc) is 3.68. The number of methoxy groups -OCH3 is 1. The van der Waals surface area contributed by atoms with Crippen LogP contribution in [0.2, 0.25) is 5.02 Å². The van der Waals surface area contributed by atoms with Gasteiger partial charge in [-0.1, -0.05) is 24.6 Å². The van der Waals surface area contributed by atoms with E-state index in [1.165, 1.54) is 19.4 Å². The van der Waals surface area contributed by atoms with Gasteiger partial charge in [0.05, 0.1) is 43.0 Å². The van der Waals surface area contributed by atoms with E-state index in [1.54, 1.807) is 36.4 Å².